The number of aliphatic hydroxyl groups is 1. The predicted octanol–water partition coefficient (Wildman–Crippen LogP) is 0.663. The number of nitrogens with zero attached hydrogens (tertiary/aromatic N) is 1. The molecule has 0 saturated heterocycles. The van der Waals surface area contributed by atoms with E-state index in [9.17, 15) is 4.79 Å². The van der Waals surface area contributed by atoms with Gasteiger partial charge in [0.25, 0.3) is 0 Å². The molecule has 1 atom stereocenters. The summed E-state index contributed by atoms with van der Waals surface area (Å²) in [6.07, 6.45) is 4.53. The number of hydrogen-bond acceptors (Lipinski definition) is 4. The number of hydrogen-bond donors (Lipinski definition) is 3. The Morgan fingerprint density at radius 1 is 1.35 bits per heavy atom. The van der Waals surface area contributed by atoms with Crippen molar-refractivity contribution < 1.29 is 15.0 Å². The molecule has 0 aromatic rings. The smallest absolute Gasteiger partial charge is 0.304 e. The molecule has 0 rings (SSSR count). The molecule has 0 aliphatic carbocycles. The number of aliphatic hydroxyl groups excluding tert-OH is 1. The molecule has 1 unspecified atom stereocenters. The van der Waals surface area contributed by atoms with Gasteiger partial charge in [0, 0.05) is 25.7 Å². The Labute approximate surface area is 104 Å². The molecule has 0 aromatic carbocycles. The summed E-state index contributed by atoms with van der Waals surface area (Å²) in [7, 11) is 0. The van der Waals surface area contributed by atoms with Gasteiger partial charge in [0.05, 0.1) is 13.0 Å². The maximum Gasteiger partial charge on any atom is 0.304 e. The van der Waals surface area contributed by atoms with E-state index >= 15 is 0 Å². The molecule has 0 spiro atoms. The minimum Gasteiger partial charge on any atom is -0.481 e. The quantitative estimate of drug-likeness (QED) is 0.466. The van der Waals surface area contributed by atoms with Gasteiger partial charge in [-0.1, -0.05) is 26.2 Å². The number of nitrogens with two attached hydrogens (primary N) is 1. The molecule has 0 aliphatic rings. The number of aliphatic carboxylic acids is 1. The minimum atomic E-state index is -0.813. The van der Waals surface area contributed by atoms with Crippen LogP contribution in [0.15, 0.2) is 0 Å². The Kier molecular flexibility index (Phi) is 10.1. The lowest BCUT2D eigenvalue weighted by atomic mass is 10.1. The van der Waals surface area contributed by atoms with Gasteiger partial charge >= 0.3 is 5.97 Å². The van der Waals surface area contributed by atoms with Crippen LogP contribution < -0.4 is 5.73 Å². The molecule has 0 bridgehead atoms. The summed E-state index contributed by atoms with van der Waals surface area (Å²) in [6.45, 7) is 3.81. The van der Waals surface area contributed by atoms with Crippen LogP contribution in [0, 0.1) is 0 Å². The first kappa shape index (κ1) is 16.4. The van der Waals surface area contributed by atoms with Crippen molar-refractivity contribution in [1.82, 2.24) is 4.90 Å². The second kappa shape index (κ2) is 10.5. The Morgan fingerprint density at radius 2 is 2.06 bits per heavy atom. The van der Waals surface area contributed by atoms with Gasteiger partial charge in [-0.3, -0.25) is 9.69 Å². The summed E-state index contributed by atoms with van der Waals surface area (Å²) in [5, 5.41) is 17.5. The summed E-state index contributed by atoms with van der Waals surface area (Å²) < 4.78 is 0. The predicted molar refractivity (Wildman–Crippen MR) is 67.9 cm³/mol. The van der Waals surface area contributed by atoms with Gasteiger partial charge in [0.15, 0.2) is 0 Å². The van der Waals surface area contributed by atoms with Crippen LogP contribution in [0.3, 0.4) is 0 Å². The molecule has 5 nitrogen and oxygen atoms in total. The summed E-state index contributed by atoms with van der Waals surface area (Å²) in [5.41, 5.74) is 5.98. The molecule has 0 fully saturated rings. The van der Waals surface area contributed by atoms with Crippen LogP contribution in [0.2, 0.25) is 0 Å². The average Bonchev–Trinajstić information content (AvgIpc) is 2.26. The van der Waals surface area contributed by atoms with E-state index in [1.807, 2.05) is 4.90 Å². The van der Waals surface area contributed by atoms with Crippen LogP contribution >= 0.6 is 0 Å². The van der Waals surface area contributed by atoms with E-state index in [2.05, 4.69) is 6.92 Å². The van der Waals surface area contributed by atoms with E-state index in [1.54, 1.807) is 0 Å². The highest BCUT2D eigenvalue weighted by molar-refractivity contribution is 5.66. The van der Waals surface area contributed by atoms with Gasteiger partial charge in [0.1, 0.15) is 0 Å². The van der Waals surface area contributed by atoms with Crippen LogP contribution in [-0.2, 0) is 4.79 Å². The molecule has 0 radical (unpaired) electrons. The Bertz CT molecular complexity index is 200. The number of carboxylic acid groups (broad SMARTS) is 1. The highest BCUT2D eigenvalue weighted by Gasteiger charge is 2.11. The maximum atomic E-state index is 10.5. The maximum absolute atomic E-state index is 10.5. The molecule has 0 aromatic heterocycles. The topological polar surface area (TPSA) is 86.8 Å². The van der Waals surface area contributed by atoms with E-state index in [0.29, 0.717) is 19.6 Å². The van der Waals surface area contributed by atoms with Crippen molar-refractivity contribution in [1.29, 1.82) is 0 Å². The zero-order chi connectivity index (χ0) is 13.1. The Morgan fingerprint density at radius 3 is 2.59 bits per heavy atom. The van der Waals surface area contributed by atoms with Crippen molar-refractivity contribution in [3.05, 3.63) is 0 Å². The van der Waals surface area contributed by atoms with Crippen molar-refractivity contribution in [3.63, 3.8) is 0 Å². The zero-order valence-corrected chi connectivity index (χ0v) is 10.8. The van der Waals surface area contributed by atoms with Gasteiger partial charge in [-0.05, 0) is 6.42 Å². The summed E-state index contributed by atoms with van der Waals surface area (Å²) >= 11 is 0. The van der Waals surface area contributed by atoms with Gasteiger partial charge in [-0.15, -0.1) is 0 Å². The van der Waals surface area contributed by atoms with Crippen molar-refractivity contribution in [2.45, 2.75) is 45.1 Å². The molecule has 0 aliphatic heterocycles. The third-order valence-corrected chi connectivity index (χ3v) is 2.73. The monoisotopic (exact) mass is 246 g/mol. The summed E-state index contributed by atoms with van der Waals surface area (Å²) in [6, 6.07) is 0.0712. The van der Waals surface area contributed by atoms with Crippen LogP contribution in [0.25, 0.3) is 0 Å². The SMILES string of the molecule is CCCCCC(N)CN(CCO)CCC(=O)O. The standard InChI is InChI=1S/C12H26N2O3/c1-2-3-4-5-11(13)10-14(8-9-15)7-6-12(16)17/h11,15H,2-10,13H2,1H3,(H,16,17). The second-order valence-corrected chi connectivity index (χ2v) is 4.42. The lowest BCUT2D eigenvalue weighted by Crippen LogP contribution is -2.40. The van der Waals surface area contributed by atoms with E-state index in [0.717, 1.165) is 12.8 Å². The molecule has 0 heterocycles. The summed E-state index contributed by atoms with van der Waals surface area (Å²) in [5.74, 6) is -0.813. The highest BCUT2D eigenvalue weighted by atomic mass is 16.4. The fourth-order valence-electron chi connectivity index (χ4n) is 1.77. The minimum absolute atomic E-state index is 0.0430. The number of unbranched alkanes of at least 4 members (excludes halogenated alkanes) is 2. The molecule has 4 N–H and O–H groups in total. The molecular weight excluding hydrogens is 220 g/mol. The lowest BCUT2D eigenvalue weighted by molar-refractivity contribution is -0.137. The third kappa shape index (κ3) is 10.2. The summed E-state index contributed by atoms with van der Waals surface area (Å²) in [4.78, 5) is 12.4. The number of carboxylic acids is 1. The second-order valence-electron chi connectivity index (χ2n) is 4.42. The molecule has 0 saturated carbocycles. The van der Waals surface area contributed by atoms with Crippen molar-refractivity contribution in [2.75, 3.05) is 26.2 Å². The van der Waals surface area contributed by atoms with Gasteiger partial charge in [-0.25, -0.2) is 0 Å². The zero-order valence-electron chi connectivity index (χ0n) is 10.8. The van der Waals surface area contributed by atoms with Crippen molar-refractivity contribution in [2.24, 2.45) is 5.73 Å². The van der Waals surface area contributed by atoms with E-state index in [1.165, 1.54) is 12.8 Å². The fraction of sp³-hybridized carbons (Fsp3) is 0.917. The molecular formula is C12H26N2O3. The van der Waals surface area contributed by atoms with Crippen molar-refractivity contribution in [3.8, 4) is 0 Å². The highest BCUT2D eigenvalue weighted by Crippen LogP contribution is 2.04. The number of carbonyl (C=O) groups is 1. The van der Waals surface area contributed by atoms with E-state index in [4.69, 9.17) is 15.9 Å². The van der Waals surface area contributed by atoms with Crippen molar-refractivity contribution >= 4 is 5.97 Å². The molecule has 17 heavy (non-hydrogen) atoms. The Balaban J connectivity index is 3.83. The van der Waals surface area contributed by atoms with E-state index < -0.39 is 5.97 Å². The van der Waals surface area contributed by atoms with Gasteiger partial charge in [0.2, 0.25) is 0 Å². The first-order chi connectivity index (χ1) is 8.10. The van der Waals surface area contributed by atoms with Crippen LogP contribution in [0.5, 0.6) is 0 Å². The van der Waals surface area contributed by atoms with E-state index in [-0.39, 0.29) is 19.1 Å². The largest absolute Gasteiger partial charge is 0.481 e. The molecule has 102 valence electrons. The van der Waals surface area contributed by atoms with Gasteiger partial charge < -0.3 is 15.9 Å². The first-order valence-electron chi connectivity index (χ1n) is 6.40. The van der Waals surface area contributed by atoms with Crippen LogP contribution in [0.1, 0.15) is 39.0 Å². The van der Waals surface area contributed by atoms with Crippen LogP contribution in [-0.4, -0.2) is 53.4 Å². The van der Waals surface area contributed by atoms with Crippen LogP contribution in [0.4, 0.5) is 0 Å². The number of rotatable bonds is 11. The normalized spacial score (nSPS) is 12.9. The third-order valence-electron chi connectivity index (χ3n) is 2.73. The lowest BCUT2D eigenvalue weighted by Gasteiger charge is -2.24. The first-order valence-corrected chi connectivity index (χ1v) is 6.40. The molecule has 0 amide bonds. The average molecular weight is 246 g/mol. The molecule has 5 heteroatoms. The fourth-order valence-corrected chi connectivity index (χ4v) is 1.77. The van der Waals surface area contributed by atoms with Gasteiger partial charge in [-0.2, -0.15) is 0 Å². The Hall–Kier alpha value is -0.650.